The average molecular weight is 321 g/mol. The molecule has 2 aromatic rings. The Labute approximate surface area is 134 Å². The fourth-order valence-electron chi connectivity index (χ4n) is 1.99. The Kier molecular flexibility index (Phi) is 5.81. The van der Waals surface area contributed by atoms with Gasteiger partial charge in [0.05, 0.1) is 6.61 Å². The van der Waals surface area contributed by atoms with E-state index in [9.17, 15) is 9.18 Å². The van der Waals surface area contributed by atoms with Crippen LogP contribution in [0, 0.1) is 11.7 Å². The van der Waals surface area contributed by atoms with Gasteiger partial charge in [-0.1, -0.05) is 26.0 Å². The molecular weight excluding hydrogens is 301 g/mol. The number of halogens is 1. The molecule has 0 unspecified atom stereocenters. The second-order valence-corrected chi connectivity index (χ2v) is 5.47. The van der Waals surface area contributed by atoms with Crippen molar-refractivity contribution in [2.75, 3.05) is 20.3 Å². The molecule has 7 heteroatoms. The third-order valence-electron chi connectivity index (χ3n) is 3.01. The Morgan fingerprint density at radius 3 is 2.78 bits per heavy atom. The molecule has 0 saturated carbocycles. The van der Waals surface area contributed by atoms with E-state index >= 15 is 0 Å². The Bertz CT molecular complexity index is 670. The molecule has 0 fully saturated rings. The lowest BCUT2D eigenvalue weighted by Crippen LogP contribution is -2.16. The Hall–Kier alpha value is -2.28. The molecule has 0 spiro atoms. The highest BCUT2D eigenvalue weighted by Crippen LogP contribution is 2.21. The van der Waals surface area contributed by atoms with Gasteiger partial charge in [0.15, 0.2) is 5.82 Å². The smallest absolute Gasteiger partial charge is 0.336 e. The third-order valence-corrected chi connectivity index (χ3v) is 3.01. The number of rotatable bonds is 7. The first-order valence-corrected chi connectivity index (χ1v) is 7.39. The van der Waals surface area contributed by atoms with Crippen LogP contribution in [0.5, 0.6) is 6.01 Å². The molecule has 6 nitrogen and oxygen atoms in total. The van der Waals surface area contributed by atoms with Crippen molar-refractivity contribution in [3.63, 3.8) is 0 Å². The molecule has 0 aliphatic carbocycles. The summed E-state index contributed by atoms with van der Waals surface area (Å²) in [4.78, 5) is 16.6. The quantitative estimate of drug-likeness (QED) is 0.734. The van der Waals surface area contributed by atoms with E-state index < -0.39 is 5.82 Å². The first-order chi connectivity index (χ1) is 11.0. The maximum Gasteiger partial charge on any atom is 0.336 e. The molecule has 0 atom stereocenters. The van der Waals surface area contributed by atoms with Gasteiger partial charge in [-0.2, -0.15) is 9.67 Å². The van der Waals surface area contributed by atoms with Gasteiger partial charge < -0.3 is 9.47 Å². The van der Waals surface area contributed by atoms with Gasteiger partial charge in [-0.3, -0.25) is 4.79 Å². The summed E-state index contributed by atoms with van der Waals surface area (Å²) in [5.41, 5.74) is 0.469. The Balaban J connectivity index is 2.35. The minimum Gasteiger partial charge on any atom is -0.460 e. The lowest BCUT2D eigenvalue weighted by molar-refractivity contribution is 0.0869. The van der Waals surface area contributed by atoms with Gasteiger partial charge in [-0.25, -0.2) is 4.39 Å². The zero-order chi connectivity index (χ0) is 16.8. The average Bonchev–Trinajstić information content (AvgIpc) is 2.91. The van der Waals surface area contributed by atoms with E-state index in [-0.39, 0.29) is 30.3 Å². The summed E-state index contributed by atoms with van der Waals surface area (Å²) in [6, 6.07) is 5.93. The molecule has 1 aromatic heterocycles. The van der Waals surface area contributed by atoms with Crippen molar-refractivity contribution in [3.05, 3.63) is 30.1 Å². The molecule has 23 heavy (non-hydrogen) atoms. The lowest BCUT2D eigenvalue weighted by atomic mass is 10.1. The fraction of sp³-hybridized carbons (Fsp3) is 0.438. The van der Waals surface area contributed by atoms with Crippen LogP contribution in [-0.4, -0.2) is 41.0 Å². The number of carbonyl (C=O) groups is 1. The topological polar surface area (TPSA) is 66.2 Å². The molecule has 0 N–H and O–H groups in total. The van der Waals surface area contributed by atoms with Crippen LogP contribution < -0.4 is 4.74 Å². The van der Waals surface area contributed by atoms with Crippen LogP contribution in [0.3, 0.4) is 0 Å². The maximum absolute atomic E-state index is 13.5. The second kappa shape index (κ2) is 7.82. The molecule has 0 radical (unpaired) electrons. The van der Waals surface area contributed by atoms with E-state index in [1.165, 1.54) is 16.8 Å². The zero-order valence-corrected chi connectivity index (χ0v) is 13.5. The summed E-state index contributed by atoms with van der Waals surface area (Å²) in [5, 5.41) is 4.10. The predicted molar refractivity (Wildman–Crippen MR) is 82.9 cm³/mol. The van der Waals surface area contributed by atoms with Gasteiger partial charge in [0.2, 0.25) is 5.91 Å². The van der Waals surface area contributed by atoms with Gasteiger partial charge in [-0.05, 0) is 18.1 Å². The van der Waals surface area contributed by atoms with E-state index in [2.05, 4.69) is 10.1 Å². The molecule has 0 amide bonds. The fourth-order valence-corrected chi connectivity index (χ4v) is 1.99. The van der Waals surface area contributed by atoms with Crippen molar-refractivity contribution in [1.82, 2.24) is 14.8 Å². The number of benzene rings is 1. The van der Waals surface area contributed by atoms with Crippen LogP contribution in [0.15, 0.2) is 24.3 Å². The van der Waals surface area contributed by atoms with Gasteiger partial charge in [-0.15, -0.1) is 5.10 Å². The molecule has 124 valence electrons. The van der Waals surface area contributed by atoms with Crippen molar-refractivity contribution >= 4 is 5.91 Å². The monoisotopic (exact) mass is 321 g/mol. The number of aromatic nitrogens is 3. The number of methoxy groups -OCH3 is 1. The summed E-state index contributed by atoms with van der Waals surface area (Å²) in [5.74, 6) is -0.184. The van der Waals surface area contributed by atoms with Crippen molar-refractivity contribution in [3.8, 4) is 17.4 Å². The van der Waals surface area contributed by atoms with Crippen molar-refractivity contribution in [2.45, 2.75) is 20.3 Å². The van der Waals surface area contributed by atoms with Gasteiger partial charge in [0.25, 0.3) is 0 Å². The molecule has 2 rings (SSSR count). The highest BCUT2D eigenvalue weighted by molar-refractivity contribution is 5.82. The predicted octanol–water partition coefficient (Wildman–Crippen LogP) is 2.80. The first kappa shape index (κ1) is 17.1. The minimum absolute atomic E-state index is 0.0680. The zero-order valence-electron chi connectivity index (χ0n) is 13.5. The van der Waals surface area contributed by atoms with Crippen LogP contribution in [-0.2, 0) is 4.74 Å². The summed E-state index contributed by atoms with van der Waals surface area (Å²) in [7, 11) is 1.56. The van der Waals surface area contributed by atoms with E-state index in [1.54, 1.807) is 19.2 Å². The summed E-state index contributed by atoms with van der Waals surface area (Å²) in [6.45, 7) is 4.52. The summed E-state index contributed by atoms with van der Waals surface area (Å²) in [6.07, 6.45) is 0.309. The van der Waals surface area contributed by atoms with Crippen molar-refractivity contribution < 1.29 is 18.7 Å². The van der Waals surface area contributed by atoms with Gasteiger partial charge in [0, 0.05) is 19.1 Å². The molecule has 0 aliphatic heterocycles. The molecule has 0 saturated heterocycles. The van der Waals surface area contributed by atoms with Gasteiger partial charge >= 0.3 is 6.01 Å². The van der Waals surface area contributed by atoms with Crippen LogP contribution in [0.4, 0.5) is 4.39 Å². The number of nitrogens with zero attached hydrogens (tertiary/aromatic N) is 3. The van der Waals surface area contributed by atoms with Crippen LogP contribution in [0.1, 0.15) is 25.1 Å². The van der Waals surface area contributed by atoms with Crippen LogP contribution in [0.25, 0.3) is 11.4 Å². The van der Waals surface area contributed by atoms with Crippen molar-refractivity contribution in [1.29, 1.82) is 0 Å². The van der Waals surface area contributed by atoms with Crippen LogP contribution in [0.2, 0.25) is 0 Å². The molecule has 0 bridgehead atoms. The number of carbonyl (C=O) groups excluding carboxylic acids is 1. The minimum atomic E-state index is -0.407. The van der Waals surface area contributed by atoms with E-state index in [4.69, 9.17) is 9.47 Å². The normalized spacial score (nSPS) is 11.0. The summed E-state index contributed by atoms with van der Waals surface area (Å²) < 4.78 is 24.9. The highest BCUT2D eigenvalue weighted by Gasteiger charge is 2.19. The Morgan fingerprint density at radius 2 is 2.13 bits per heavy atom. The van der Waals surface area contributed by atoms with Gasteiger partial charge in [0.1, 0.15) is 12.4 Å². The van der Waals surface area contributed by atoms with Crippen LogP contribution >= 0.6 is 0 Å². The largest absolute Gasteiger partial charge is 0.460 e. The highest BCUT2D eigenvalue weighted by atomic mass is 19.1. The van der Waals surface area contributed by atoms with Crippen molar-refractivity contribution in [2.24, 2.45) is 5.92 Å². The van der Waals surface area contributed by atoms with E-state index in [0.717, 1.165) is 0 Å². The Morgan fingerprint density at radius 1 is 1.35 bits per heavy atom. The third kappa shape index (κ3) is 4.59. The molecule has 0 aliphatic rings. The first-order valence-electron chi connectivity index (χ1n) is 7.39. The number of hydrogen-bond donors (Lipinski definition) is 0. The van der Waals surface area contributed by atoms with E-state index in [1.807, 2.05) is 13.8 Å². The number of ether oxygens (including phenoxy) is 2. The number of hydrogen-bond acceptors (Lipinski definition) is 5. The molecular formula is C16H20FN3O3. The summed E-state index contributed by atoms with van der Waals surface area (Å²) >= 11 is 0. The standard InChI is InChI=1S/C16H20FN3O3/c1-11(2)9-14(21)20-15(12-5-4-6-13(17)10-12)18-16(19-20)23-8-7-22-3/h4-6,10-11H,7-9H2,1-3H3. The lowest BCUT2D eigenvalue weighted by Gasteiger charge is -2.06. The molecule has 1 aromatic carbocycles. The second-order valence-electron chi connectivity index (χ2n) is 5.47. The molecule has 1 heterocycles. The SMILES string of the molecule is COCCOc1nc(-c2cccc(F)c2)n(C(=O)CC(C)C)n1. The maximum atomic E-state index is 13.5. The van der Waals surface area contributed by atoms with E-state index in [0.29, 0.717) is 18.6 Å².